The Morgan fingerprint density at radius 2 is 1.76 bits per heavy atom. The number of ether oxygens (including phenoxy) is 3. The first-order chi connectivity index (χ1) is 16.0. The first-order valence-electron chi connectivity index (χ1n) is 10.5. The second kappa shape index (κ2) is 8.76. The van der Waals surface area contributed by atoms with Crippen molar-refractivity contribution in [3.8, 4) is 17.2 Å². The summed E-state index contributed by atoms with van der Waals surface area (Å²) in [6, 6.07) is 18.6. The summed E-state index contributed by atoms with van der Waals surface area (Å²) in [6.07, 6.45) is 0.637. The summed E-state index contributed by atoms with van der Waals surface area (Å²) in [5.74, 6) is 1.62. The van der Waals surface area contributed by atoms with Gasteiger partial charge in [-0.3, -0.25) is 4.79 Å². The highest BCUT2D eigenvalue weighted by Crippen LogP contribution is 2.33. The second-order valence-corrected chi connectivity index (χ2v) is 9.51. The highest BCUT2D eigenvalue weighted by atomic mass is 32.2. The minimum Gasteiger partial charge on any atom is -0.493 e. The number of carbonyl (C=O) groups excluding carboxylic acids is 1. The number of benzene rings is 3. The lowest BCUT2D eigenvalue weighted by molar-refractivity contribution is 0.0924. The summed E-state index contributed by atoms with van der Waals surface area (Å²) in [7, 11) is -3.83. The van der Waals surface area contributed by atoms with Crippen LogP contribution in [-0.4, -0.2) is 27.7 Å². The molecule has 0 saturated carbocycles. The maximum absolute atomic E-state index is 12.9. The van der Waals surface area contributed by atoms with Crippen molar-refractivity contribution in [2.45, 2.75) is 23.9 Å². The summed E-state index contributed by atoms with van der Waals surface area (Å²) in [5.41, 5.74) is 1.91. The van der Waals surface area contributed by atoms with Gasteiger partial charge in [-0.15, -0.1) is 0 Å². The van der Waals surface area contributed by atoms with Gasteiger partial charge in [-0.1, -0.05) is 30.3 Å². The molecule has 170 valence electrons. The van der Waals surface area contributed by atoms with Crippen LogP contribution < -0.4 is 24.2 Å². The third-order valence-electron chi connectivity index (χ3n) is 5.57. The van der Waals surface area contributed by atoms with E-state index in [-0.39, 0.29) is 35.7 Å². The van der Waals surface area contributed by atoms with E-state index in [1.807, 2.05) is 24.3 Å². The number of sulfonamides is 1. The van der Waals surface area contributed by atoms with E-state index in [1.54, 1.807) is 30.3 Å². The van der Waals surface area contributed by atoms with E-state index >= 15 is 0 Å². The fraction of sp³-hybridized carbons (Fsp3) is 0.208. The van der Waals surface area contributed by atoms with E-state index in [4.69, 9.17) is 14.2 Å². The molecule has 2 aliphatic rings. The Morgan fingerprint density at radius 3 is 2.67 bits per heavy atom. The lowest BCUT2D eigenvalue weighted by atomic mass is 10.00. The molecule has 9 heteroatoms. The van der Waals surface area contributed by atoms with Crippen LogP contribution in [0, 0.1) is 0 Å². The molecule has 0 saturated heterocycles. The van der Waals surface area contributed by atoms with Crippen molar-refractivity contribution >= 4 is 15.9 Å². The van der Waals surface area contributed by atoms with Crippen LogP contribution in [0.2, 0.25) is 0 Å². The van der Waals surface area contributed by atoms with Crippen molar-refractivity contribution < 1.29 is 27.4 Å². The number of amides is 1. The van der Waals surface area contributed by atoms with Crippen molar-refractivity contribution in [3.63, 3.8) is 0 Å². The first-order valence-corrected chi connectivity index (χ1v) is 12.0. The predicted octanol–water partition coefficient (Wildman–Crippen LogP) is 3.15. The largest absolute Gasteiger partial charge is 0.493 e. The quantitative estimate of drug-likeness (QED) is 0.579. The molecule has 1 amide bonds. The molecule has 0 aromatic heterocycles. The molecule has 0 fully saturated rings. The summed E-state index contributed by atoms with van der Waals surface area (Å²) in [5, 5.41) is 2.99. The molecule has 5 rings (SSSR count). The Labute approximate surface area is 191 Å². The van der Waals surface area contributed by atoms with Crippen molar-refractivity contribution in [2.75, 3.05) is 13.4 Å². The molecule has 8 nitrogen and oxygen atoms in total. The van der Waals surface area contributed by atoms with Crippen LogP contribution in [0.25, 0.3) is 0 Å². The van der Waals surface area contributed by atoms with E-state index in [1.165, 1.54) is 12.1 Å². The van der Waals surface area contributed by atoms with Crippen LogP contribution in [0.4, 0.5) is 0 Å². The summed E-state index contributed by atoms with van der Waals surface area (Å²) in [6.45, 7) is 0.729. The fourth-order valence-electron chi connectivity index (χ4n) is 3.85. The van der Waals surface area contributed by atoms with Gasteiger partial charge in [0.25, 0.3) is 5.91 Å². The lowest BCUT2D eigenvalue weighted by Gasteiger charge is -2.26. The van der Waals surface area contributed by atoms with E-state index < -0.39 is 10.0 Å². The molecule has 2 aliphatic heterocycles. The van der Waals surface area contributed by atoms with Gasteiger partial charge in [-0.25, -0.2) is 13.1 Å². The fourth-order valence-corrected chi connectivity index (χ4v) is 4.91. The number of hydrogen-bond acceptors (Lipinski definition) is 6. The number of nitrogens with one attached hydrogen (secondary N) is 2. The van der Waals surface area contributed by atoms with Gasteiger partial charge < -0.3 is 19.5 Å². The van der Waals surface area contributed by atoms with Crippen LogP contribution in [-0.2, 0) is 16.6 Å². The second-order valence-electron chi connectivity index (χ2n) is 7.74. The Hall–Kier alpha value is -3.56. The van der Waals surface area contributed by atoms with E-state index in [9.17, 15) is 13.2 Å². The Kier molecular flexibility index (Phi) is 5.65. The van der Waals surface area contributed by atoms with Crippen molar-refractivity contribution in [3.05, 3.63) is 83.4 Å². The van der Waals surface area contributed by atoms with Gasteiger partial charge >= 0.3 is 0 Å². The molecular weight excluding hydrogens is 444 g/mol. The van der Waals surface area contributed by atoms with Crippen molar-refractivity contribution in [2.24, 2.45) is 0 Å². The Balaban J connectivity index is 1.29. The SMILES string of the molecule is O=C(NC1CCOc2ccccc21)c1cccc(S(=O)(=O)NCc2ccc3c(c2)OCO3)c1. The average molecular weight is 467 g/mol. The molecule has 3 aromatic carbocycles. The minimum absolute atomic E-state index is 0.0169. The first kappa shape index (κ1) is 21.3. The summed E-state index contributed by atoms with van der Waals surface area (Å²) < 4.78 is 44.5. The Bertz CT molecular complexity index is 1310. The number of rotatable bonds is 6. The zero-order valence-corrected chi connectivity index (χ0v) is 18.4. The number of fused-ring (bicyclic) bond motifs is 2. The molecule has 1 atom stereocenters. The molecule has 2 heterocycles. The zero-order valence-electron chi connectivity index (χ0n) is 17.6. The number of carbonyl (C=O) groups is 1. The van der Waals surface area contributed by atoms with Crippen molar-refractivity contribution in [1.29, 1.82) is 0 Å². The van der Waals surface area contributed by atoms with Crippen LogP contribution in [0.1, 0.15) is 33.9 Å². The molecule has 33 heavy (non-hydrogen) atoms. The summed E-state index contributed by atoms with van der Waals surface area (Å²) in [4.78, 5) is 12.9. The minimum atomic E-state index is -3.83. The number of hydrogen-bond donors (Lipinski definition) is 2. The summed E-state index contributed by atoms with van der Waals surface area (Å²) >= 11 is 0. The molecule has 0 spiro atoms. The third kappa shape index (κ3) is 4.50. The molecule has 3 aromatic rings. The number of para-hydroxylation sites is 1. The maximum Gasteiger partial charge on any atom is 0.251 e. The van der Waals surface area contributed by atoms with Gasteiger partial charge in [-0.05, 0) is 42.0 Å². The maximum atomic E-state index is 12.9. The van der Waals surface area contributed by atoms with Gasteiger partial charge in [-0.2, -0.15) is 0 Å². The predicted molar refractivity (Wildman–Crippen MR) is 120 cm³/mol. The van der Waals surface area contributed by atoms with E-state index in [0.29, 0.717) is 24.5 Å². The third-order valence-corrected chi connectivity index (χ3v) is 6.97. The van der Waals surface area contributed by atoms with Gasteiger partial charge in [0.1, 0.15) is 5.75 Å². The standard InChI is InChI=1S/C24H22N2O6S/c27-24(26-20-10-11-30-21-7-2-1-6-19(20)21)17-4-3-5-18(13-17)33(28,29)25-14-16-8-9-22-23(12-16)32-15-31-22/h1-9,12-13,20,25H,10-11,14-15H2,(H,26,27). The lowest BCUT2D eigenvalue weighted by Crippen LogP contribution is -2.32. The van der Waals surface area contributed by atoms with E-state index in [2.05, 4.69) is 10.0 Å². The molecule has 2 N–H and O–H groups in total. The Morgan fingerprint density at radius 1 is 0.909 bits per heavy atom. The van der Waals surface area contributed by atoms with Crippen LogP contribution in [0.5, 0.6) is 17.2 Å². The zero-order chi connectivity index (χ0) is 22.8. The van der Waals surface area contributed by atoms with Crippen LogP contribution >= 0.6 is 0 Å². The van der Waals surface area contributed by atoms with Gasteiger partial charge in [0.2, 0.25) is 16.8 Å². The van der Waals surface area contributed by atoms with Crippen molar-refractivity contribution in [1.82, 2.24) is 10.0 Å². The molecule has 0 radical (unpaired) electrons. The smallest absolute Gasteiger partial charge is 0.251 e. The van der Waals surface area contributed by atoms with Gasteiger partial charge in [0, 0.05) is 24.1 Å². The topological polar surface area (TPSA) is 103 Å². The highest BCUT2D eigenvalue weighted by Gasteiger charge is 2.24. The normalized spacial score (nSPS) is 16.5. The molecular formula is C24H22N2O6S. The monoisotopic (exact) mass is 466 g/mol. The van der Waals surface area contributed by atoms with Crippen LogP contribution in [0.15, 0.2) is 71.6 Å². The highest BCUT2D eigenvalue weighted by molar-refractivity contribution is 7.89. The molecule has 1 unspecified atom stereocenters. The average Bonchev–Trinajstić information content (AvgIpc) is 3.31. The van der Waals surface area contributed by atoms with Gasteiger partial charge in [0.15, 0.2) is 11.5 Å². The van der Waals surface area contributed by atoms with E-state index in [0.717, 1.165) is 16.9 Å². The van der Waals surface area contributed by atoms with Crippen LogP contribution in [0.3, 0.4) is 0 Å². The molecule has 0 bridgehead atoms. The molecule has 0 aliphatic carbocycles. The van der Waals surface area contributed by atoms with Gasteiger partial charge in [0.05, 0.1) is 17.5 Å².